The number of rotatable bonds is 6. The molecule has 0 radical (unpaired) electrons. The molecule has 6 nitrogen and oxygen atoms in total. The van der Waals surface area contributed by atoms with E-state index in [0.717, 1.165) is 21.6 Å². The second kappa shape index (κ2) is 8.44. The molecule has 1 aliphatic rings. The van der Waals surface area contributed by atoms with E-state index in [2.05, 4.69) is 0 Å². The Hall–Kier alpha value is -2.52. The quantitative estimate of drug-likeness (QED) is 0.385. The average molecular weight is 509 g/mol. The number of carbonyl (C=O) groups excluding carboxylic acids is 2. The molecule has 0 fully saturated rings. The molecule has 1 N–H and O–H groups in total. The minimum Gasteiger partial charge on any atom is -0.298 e. The summed E-state index contributed by atoms with van der Waals surface area (Å²) >= 11 is 13.1. The third kappa shape index (κ3) is 4.23. The number of Topliss-reactive ketones (excluding diaryl/α,β-unsaturated/α-hetero) is 2. The van der Waals surface area contributed by atoms with E-state index in [-0.39, 0.29) is 27.1 Å². The highest BCUT2D eigenvalue weighted by Crippen LogP contribution is 2.31. The highest BCUT2D eigenvalue weighted by atomic mass is 35.5. The standard InChI is InChI=1S/C22H16Cl2NO5S2/c1-12-2-4-16-18(8-12)25(28)21(22(16)27)15-5-3-13(10-17(15)23)9-14(26)11-32(29,30)20-7-6-19(24)31-20/h2-8,10,28H,9,11H2,1H3/q+1. The summed E-state index contributed by atoms with van der Waals surface area (Å²) in [5.74, 6) is -1.53. The molecule has 0 saturated carbocycles. The lowest BCUT2D eigenvalue weighted by Crippen LogP contribution is -2.19. The summed E-state index contributed by atoms with van der Waals surface area (Å²) in [6, 6.07) is 12.6. The van der Waals surface area contributed by atoms with Gasteiger partial charge in [-0.3, -0.25) is 14.8 Å². The third-order valence-electron chi connectivity index (χ3n) is 4.95. The molecule has 10 heteroatoms. The van der Waals surface area contributed by atoms with E-state index in [4.69, 9.17) is 23.2 Å². The summed E-state index contributed by atoms with van der Waals surface area (Å²) in [5, 5.41) is 10.7. The molecule has 164 valence electrons. The Morgan fingerprint density at radius 1 is 1.06 bits per heavy atom. The van der Waals surface area contributed by atoms with E-state index in [9.17, 15) is 23.2 Å². The zero-order valence-electron chi connectivity index (χ0n) is 16.6. The molecule has 2 aromatic carbocycles. The van der Waals surface area contributed by atoms with Crippen LogP contribution in [0.15, 0.2) is 52.7 Å². The van der Waals surface area contributed by atoms with Crippen molar-refractivity contribution in [1.82, 2.24) is 0 Å². The van der Waals surface area contributed by atoms with Crippen LogP contribution >= 0.6 is 34.5 Å². The molecule has 0 bridgehead atoms. The summed E-state index contributed by atoms with van der Waals surface area (Å²) in [7, 11) is -3.78. The lowest BCUT2D eigenvalue weighted by atomic mass is 10.00. The molecule has 3 aromatic rings. The van der Waals surface area contributed by atoms with Gasteiger partial charge in [-0.1, -0.05) is 35.3 Å². The van der Waals surface area contributed by atoms with E-state index in [1.165, 1.54) is 24.3 Å². The summed E-state index contributed by atoms with van der Waals surface area (Å²) < 4.78 is 25.9. The number of aryl methyl sites for hydroxylation is 1. The highest BCUT2D eigenvalue weighted by molar-refractivity contribution is 7.94. The molecule has 0 amide bonds. The Morgan fingerprint density at radius 3 is 2.44 bits per heavy atom. The fourth-order valence-corrected chi connectivity index (χ4v) is 6.58. The second-order valence-electron chi connectivity index (χ2n) is 7.36. The van der Waals surface area contributed by atoms with E-state index in [0.29, 0.717) is 26.7 Å². The summed E-state index contributed by atoms with van der Waals surface area (Å²) in [6.45, 7) is 1.85. The van der Waals surface area contributed by atoms with Gasteiger partial charge in [0.1, 0.15) is 15.5 Å². The number of ketones is 2. The molecule has 0 aliphatic carbocycles. The Morgan fingerprint density at radius 2 is 1.78 bits per heavy atom. The Balaban J connectivity index is 1.56. The molecule has 0 unspecified atom stereocenters. The van der Waals surface area contributed by atoms with Crippen molar-refractivity contribution in [2.24, 2.45) is 0 Å². The first-order chi connectivity index (χ1) is 15.1. The van der Waals surface area contributed by atoms with Crippen LogP contribution in [0.25, 0.3) is 0 Å². The summed E-state index contributed by atoms with van der Waals surface area (Å²) in [4.78, 5) is 25.2. The van der Waals surface area contributed by atoms with Crippen LogP contribution in [0.4, 0.5) is 5.69 Å². The molecule has 2 heterocycles. The van der Waals surface area contributed by atoms with Gasteiger partial charge in [0, 0.05) is 17.2 Å². The maximum Gasteiger partial charge on any atom is 0.314 e. The van der Waals surface area contributed by atoms with Crippen molar-refractivity contribution in [3.8, 4) is 0 Å². The van der Waals surface area contributed by atoms with Crippen LogP contribution in [0.2, 0.25) is 9.36 Å². The first-order valence-corrected chi connectivity index (χ1v) is 12.6. The van der Waals surface area contributed by atoms with Crippen molar-refractivity contribution >= 4 is 67.3 Å². The first kappa shape index (κ1) is 22.7. The van der Waals surface area contributed by atoms with Gasteiger partial charge in [0.05, 0.1) is 14.9 Å². The van der Waals surface area contributed by atoms with E-state index < -0.39 is 21.4 Å². The number of hydrogen-bond acceptors (Lipinski definition) is 6. The lowest BCUT2D eigenvalue weighted by Gasteiger charge is -2.05. The van der Waals surface area contributed by atoms with E-state index in [1.807, 2.05) is 6.92 Å². The Kier molecular flexibility index (Phi) is 5.98. The Labute approximate surface area is 198 Å². The van der Waals surface area contributed by atoms with Crippen molar-refractivity contribution in [2.75, 3.05) is 5.75 Å². The van der Waals surface area contributed by atoms with Crippen molar-refractivity contribution in [3.05, 3.63) is 80.1 Å². The van der Waals surface area contributed by atoms with Gasteiger partial charge in [0.2, 0.25) is 0 Å². The highest BCUT2D eigenvalue weighted by Gasteiger charge is 2.41. The molecule has 4 rings (SSSR count). The second-order valence-corrected chi connectivity index (χ2v) is 11.7. The zero-order chi connectivity index (χ0) is 23.2. The van der Waals surface area contributed by atoms with E-state index in [1.54, 1.807) is 24.3 Å². The molecule has 32 heavy (non-hydrogen) atoms. The van der Waals surface area contributed by atoms with Gasteiger partial charge in [-0.2, -0.15) is 0 Å². The van der Waals surface area contributed by atoms with Crippen LogP contribution in [-0.4, -0.2) is 41.4 Å². The van der Waals surface area contributed by atoms with Gasteiger partial charge in [-0.15, -0.1) is 11.3 Å². The predicted octanol–water partition coefficient (Wildman–Crippen LogP) is 4.67. The SMILES string of the molecule is Cc1ccc2c(c1)[N+](O)=C(c1ccc(CC(=O)CS(=O)(=O)c3ccc(Cl)s3)cc1Cl)C2=O. The van der Waals surface area contributed by atoms with Gasteiger partial charge >= 0.3 is 5.71 Å². The number of thiophene rings is 1. The Bertz CT molecular complexity index is 1420. The lowest BCUT2D eigenvalue weighted by molar-refractivity contribution is -0.710. The minimum absolute atomic E-state index is 0.0191. The number of nitrogens with zero attached hydrogens (tertiary/aromatic N) is 1. The summed E-state index contributed by atoms with van der Waals surface area (Å²) in [6.07, 6.45) is -0.149. The molecule has 0 atom stereocenters. The van der Waals surface area contributed by atoms with Crippen molar-refractivity contribution in [2.45, 2.75) is 17.6 Å². The fourth-order valence-electron chi connectivity index (χ4n) is 3.48. The number of hydrogen-bond donors (Lipinski definition) is 1. The number of benzene rings is 2. The van der Waals surface area contributed by atoms with Gasteiger partial charge in [-0.25, -0.2) is 8.42 Å². The first-order valence-electron chi connectivity index (χ1n) is 9.37. The average Bonchev–Trinajstić information content (AvgIpc) is 3.25. The van der Waals surface area contributed by atoms with Crippen LogP contribution in [0.3, 0.4) is 0 Å². The van der Waals surface area contributed by atoms with Gasteiger partial charge in [0.25, 0.3) is 11.5 Å². The van der Waals surface area contributed by atoms with Crippen LogP contribution in [0, 0.1) is 6.92 Å². The minimum atomic E-state index is -3.78. The maximum absolute atomic E-state index is 12.8. The van der Waals surface area contributed by atoms with Crippen LogP contribution in [0.1, 0.15) is 27.0 Å². The largest absolute Gasteiger partial charge is 0.314 e. The molecule has 0 saturated heterocycles. The van der Waals surface area contributed by atoms with Crippen LogP contribution < -0.4 is 0 Å². The normalized spacial score (nSPS) is 13.5. The monoisotopic (exact) mass is 508 g/mol. The van der Waals surface area contributed by atoms with Gasteiger partial charge < -0.3 is 0 Å². The van der Waals surface area contributed by atoms with Gasteiger partial charge in [-0.05, 0) is 48.4 Å². The molecular formula is C22H16Cl2NO5S2+. The topological polar surface area (TPSA) is 91.5 Å². The van der Waals surface area contributed by atoms with Crippen molar-refractivity contribution < 1.29 is 28.0 Å². The van der Waals surface area contributed by atoms with Crippen molar-refractivity contribution in [1.29, 1.82) is 0 Å². The fraction of sp³-hybridized carbons (Fsp3) is 0.136. The van der Waals surface area contributed by atoms with Crippen LogP contribution in [0.5, 0.6) is 0 Å². The molecular weight excluding hydrogens is 493 g/mol. The van der Waals surface area contributed by atoms with E-state index >= 15 is 0 Å². The van der Waals surface area contributed by atoms with Crippen LogP contribution in [-0.2, 0) is 21.1 Å². The number of sulfone groups is 1. The smallest absolute Gasteiger partial charge is 0.298 e. The number of fused-ring (bicyclic) bond motifs is 1. The summed E-state index contributed by atoms with van der Waals surface area (Å²) in [5.41, 5.74) is 2.45. The third-order valence-corrected chi connectivity index (χ3v) is 8.75. The van der Waals surface area contributed by atoms with Crippen molar-refractivity contribution in [3.63, 3.8) is 0 Å². The molecule has 0 spiro atoms. The molecule has 1 aliphatic heterocycles. The number of carbonyl (C=O) groups is 2. The predicted molar refractivity (Wildman–Crippen MR) is 123 cm³/mol. The zero-order valence-corrected chi connectivity index (χ0v) is 19.8. The van der Waals surface area contributed by atoms with Gasteiger partial charge in [0.15, 0.2) is 15.6 Å². The number of halogens is 2. The maximum atomic E-state index is 12.8. The molecule has 1 aromatic heterocycles.